The summed E-state index contributed by atoms with van der Waals surface area (Å²) in [6, 6.07) is 13.5. The van der Waals surface area contributed by atoms with Crippen molar-refractivity contribution in [3.8, 4) is 0 Å². The van der Waals surface area contributed by atoms with E-state index in [1.807, 2.05) is 24.3 Å². The van der Waals surface area contributed by atoms with E-state index >= 15 is 0 Å². The second-order valence-electron chi connectivity index (χ2n) is 5.36. The SMILES string of the molecule is CCN(CC)Cc1ccc(COC(=O)c2cccc(F)c2)cc1. The van der Waals surface area contributed by atoms with Crippen molar-refractivity contribution in [2.45, 2.75) is 27.0 Å². The van der Waals surface area contributed by atoms with Gasteiger partial charge in [0.25, 0.3) is 0 Å². The highest BCUT2D eigenvalue weighted by atomic mass is 19.1. The average Bonchev–Trinajstić information content (AvgIpc) is 2.58. The normalized spacial score (nSPS) is 10.8. The molecule has 0 saturated carbocycles. The number of esters is 1. The van der Waals surface area contributed by atoms with E-state index in [0.717, 1.165) is 25.2 Å². The molecule has 2 aromatic carbocycles. The van der Waals surface area contributed by atoms with Crippen molar-refractivity contribution in [3.63, 3.8) is 0 Å². The summed E-state index contributed by atoms with van der Waals surface area (Å²) in [5.74, 6) is -0.961. The van der Waals surface area contributed by atoms with Crippen LogP contribution in [0.1, 0.15) is 35.3 Å². The minimum Gasteiger partial charge on any atom is -0.457 e. The molecule has 0 aliphatic carbocycles. The molecule has 4 heteroatoms. The Hall–Kier alpha value is -2.20. The Balaban J connectivity index is 1.90. The molecule has 2 aromatic rings. The highest BCUT2D eigenvalue weighted by Gasteiger charge is 2.08. The lowest BCUT2D eigenvalue weighted by Gasteiger charge is -2.18. The number of hydrogen-bond acceptors (Lipinski definition) is 3. The lowest BCUT2D eigenvalue weighted by molar-refractivity contribution is 0.0472. The van der Waals surface area contributed by atoms with Crippen LogP contribution in [-0.2, 0) is 17.9 Å². The van der Waals surface area contributed by atoms with Gasteiger partial charge in [-0.25, -0.2) is 9.18 Å². The summed E-state index contributed by atoms with van der Waals surface area (Å²) in [5.41, 5.74) is 2.37. The van der Waals surface area contributed by atoms with E-state index in [4.69, 9.17) is 4.74 Å². The lowest BCUT2D eigenvalue weighted by atomic mass is 10.1. The van der Waals surface area contributed by atoms with Crippen LogP contribution in [0.5, 0.6) is 0 Å². The standard InChI is InChI=1S/C19H22FNO2/c1-3-21(4-2)13-15-8-10-16(11-9-15)14-23-19(22)17-6-5-7-18(20)12-17/h5-12H,3-4,13-14H2,1-2H3. The van der Waals surface area contributed by atoms with Gasteiger partial charge in [0.2, 0.25) is 0 Å². The van der Waals surface area contributed by atoms with E-state index in [2.05, 4.69) is 18.7 Å². The van der Waals surface area contributed by atoms with Gasteiger partial charge in [0.15, 0.2) is 0 Å². The first-order chi connectivity index (χ1) is 11.1. The summed E-state index contributed by atoms with van der Waals surface area (Å²) < 4.78 is 18.3. The van der Waals surface area contributed by atoms with Crippen LogP contribution in [0.15, 0.2) is 48.5 Å². The molecule has 0 bridgehead atoms. The molecule has 23 heavy (non-hydrogen) atoms. The van der Waals surface area contributed by atoms with Crippen LogP contribution in [0.3, 0.4) is 0 Å². The molecule has 0 saturated heterocycles. The average molecular weight is 315 g/mol. The van der Waals surface area contributed by atoms with Crippen LogP contribution in [0.2, 0.25) is 0 Å². The molecule has 0 aliphatic rings. The summed E-state index contributed by atoms with van der Waals surface area (Å²) in [4.78, 5) is 14.2. The Labute approximate surface area is 136 Å². The smallest absolute Gasteiger partial charge is 0.338 e. The van der Waals surface area contributed by atoms with E-state index < -0.39 is 11.8 Å². The summed E-state index contributed by atoms with van der Waals surface area (Å²) in [7, 11) is 0. The third-order valence-corrected chi connectivity index (χ3v) is 3.75. The molecule has 0 atom stereocenters. The Morgan fingerprint density at radius 3 is 2.30 bits per heavy atom. The zero-order valence-corrected chi connectivity index (χ0v) is 13.6. The molecule has 3 nitrogen and oxygen atoms in total. The molecule has 0 spiro atoms. The van der Waals surface area contributed by atoms with E-state index in [9.17, 15) is 9.18 Å². The third-order valence-electron chi connectivity index (χ3n) is 3.75. The van der Waals surface area contributed by atoms with Crippen molar-refractivity contribution < 1.29 is 13.9 Å². The predicted molar refractivity (Wildman–Crippen MR) is 88.6 cm³/mol. The number of hydrogen-bond donors (Lipinski definition) is 0. The Bertz CT molecular complexity index is 636. The first-order valence-electron chi connectivity index (χ1n) is 7.85. The predicted octanol–water partition coefficient (Wildman–Crippen LogP) is 4.02. The number of rotatable bonds is 7. The molecule has 0 fully saturated rings. The summed E-state index contributed by atoms with van der Waals surface area (Å²) >= 11 is 0. The Kier molecular flexibility index (Phi) is 6.29. The summed E-state index contributed by atoms with van der Waals surface area (Å²) in [6.45, 7) is 7.41. The number of halogens is 1. The number of benzene rings is 2. The monoisotopic (exact) mass is 315 g/mol. The fourth-order valence-electron chi connectivity index (χ4n) is 2.29. The fourth-order valence-corrected chi connectivity index (χ4v) is 2.29. The van der Waals surface area contributed by atoms with Crippen LogP contribution < -0.4 is 0 Å². The third kappa shape index (κ3) is 5.18. The van der Waals surface area contributed by atoms with Gasteiger partial charge in [0, 0.05) is 6.54 Å². The molecule has 0 aliphatic heterocycles. The number of carbonyl (C=O) groups excluding carboxylic acids is 1. The first-order valence-corrected chi connectivity index (χ1v) is 7.85. The molecular formula is C19H22FNO2. The van der Waals surface area contributed by atoms with Crippen molar-refractivity contribution in [2.75, 3.05) is 13.1 Å². The van der Waals surface area contributed by atoms with E-state index in [0.29, 0.717) is 0 Å². The number of carbonyl (C=O) groups is 1. The molecule has 2 rings (SSSR count). The van der Waals surface area contributed by atoms with Gasteiger partial charge in [-0.1, -0.05) is 44.2 Å². The van der Waals surface area contributed by atoms with Gasteiger partial charge in [-0.15, -0.1) is 0 Å². The summed E-state index contributed by atoms with van der Waals surface area (Å²) in [6.07, 6.45) is 0. The van der Waals surface area contributed by atoms with Gasteiger partial charge < -0.3 is 4.74 Å². The number of nitrogens with zero attached hydrogens (tertiary/aromatic N) is 1. The largest absolute Gasteiger partial charge is 0.457 e. The highest BCUT2D eigenvalue weighted by molar-refractivity contribution is 5.89. The van der Waals surface area contributed by atoms with Crippen LogP contribution in [0, 0.1) is 5.82 Å². The zero-order valence-electron chi connectivity index (χ0n) is 13.6. The van der Waals surface area contributed by atoms with Gasteiger partial charge in [0.05, 0.1) is 5.56 Å². The zero-order chi connectivity index (χ0) is 16.7. The molecule has 0 unspecified atom stereocenters. The van der Waals surface area contributed by atoms with Crippen molar-refractivity contribution in [2.24, 2.45) is 0 Å². The minimum absolute atomic E-state index is 0.181. The second-order valence-corrected chi connectivity index (χ2v) is 5.36. The van der Waals surface area contributed by atoms with Crippen LogP contribution >= 0.6 is 0 Å². The number of ether oxygens (including phenoxy) is 1. The van der Waals surface area contributed by atoms with Crippen LogP contribution in [-0.4, -0.2) is 24.0 Å². The maximum Gasteiger partial charge on any atom is 0.338 e. The maximum atomic E-state index is 13.1. The first kappa shape index (κ1) is 17.2. The topological polar surface area (TPSA) is 29.5 Å². The van der Waals surface area contributed by atoms with Crippen LogP contribution in [0.4, 0.5) is 4.39 Å². The molecule has 0 aromatic heterocycles. The molecule has 0 heterocycles. The second kappa shape index (κ2) is 8.44. The van der Waals surface area contributed by atoms with E-state index in [1.54, 1.807) is 6.07 Å². The van der Waals surface area contributed by atoms with Gasteiger partial charge >= 0.3 is 5.97 Å². The summed E-state index contributed by atoms with van der Waals surface area (Å²) in [5, 5.41) is 0. The van der Waals surface area contributed by atoms with Crippen LogP contribution in [0.25, 0.3) is 0 Å². The molecular weight excluding hydrogens is 293 g/mol. The minimum atomic E-state index is -0.517. The quantitative estimate of drug-likeness (QED) is 0.723. The van der Waals surface area contributed by atoms with E-state index in [1.165, 1.54) is 23.8 Å². The van der Waals surface area contributed by atoms with E-state index in [-0.39, 0.29) is 12.2 Å². The fraction of sp³-hybridized carbons (Fsp3) is 0.316. The Morgan fingerprint density at radius 1 is 1.04 bits per heavy atom. The van der Waals surface area contributed by atoms with Crippen molar-refractivity contribution in [1.29, 1.82) is 0 Å². The van der Waals surface area contributed by atoms with Gasteiger partial charge in [-0.05, 0) is 42.4 Å². The molecule has 0 radical (unpaired) electrons. The highest BCUT2D eigenvalue weighted by Crippen LogP contribution is 2.11. The maximum absolute atomic E-state index is 13.1. The molecule has 122 valence electrons. The molecule has 0 N–H and O–H groups in total. The van der Waals surface area contributed by atoms with Crippen molar-refractivity contribution >= 4 is 5.97 Å². The van der Waals surface area contributed by atoms with Gasteiger partial charge in [0.1, 0.15) is 12.4 Å². The van der Waals surface area contributed by atoms with Gasteiger partial charge in [-0.2, -0.15) is 0 Å². The van der Waals surface area contributed by atoms with Crippen molar-refractivity contribution in [1.82, 2.24) is 4.90 Å². The van der Waals surface area contributed by atoms with Crippen molar-refractivity contribution in [3.05, 3.63) is 71.0 Å². The lowest BCUT2D eigenvalue weighted by Crippen LogP contribution is -2.22. The van der Waals surface area contributed by atoms with Gasteiger partial charge in [-0.3, -0.25) is 4.90 Å². The molecule has 0 amide bonds. The Morgan fingerprint density at radius 2 is 1.70 bits per heavy atom.